The molecule has 1 aliphatic heterocycles. The van der Waals surface area contributed by atoms with Gasteiger partial charge in [-0.3, -0.25) is 4.79 Å². The van der Waals surface area contributed by atoms with Crippen LogP contribution in [-0.2, 0) is 9.53 Å². The highest BCUT2D eigenvalue weighted by Crippen LogP contribution is 2.17. The van der Waals surface area contributed by atoms with E-state index in [1.165, 1.54) is 6.07 Å². The fourth-order valence-corrected chi connectivity index (χ4v) is 1.58. The van der Waals surface area contributed by atoms with E-state index in [-0.39, 0.29) is 11.6 Å². The highest BCUT2D eigenvalue weighted by atomic mass is 19.2. The number of carbonyl (C=O) groups excluding carboxylic acids is 1. The predicted molar refractivity (Wildman–Crippen MR) is 54.0 cm³/mol. The van der Waals surface area contributed by atoms with Crippen molar-refractivity contribution >= 4 is 11.6 Å². The van der Waals surface area contributed by atoms with Crippen LogP contribution in [0.1, 0.15) is 12.8 Å². The Labute approximate surface area is 91.4 Å². The van der Waals surface area contributed by atoms with Gasteiger partial charge in [-0.15, -0.1) is 0 Å². The van der Waals surface area contributed by atoms with Crippen LogP contribution >= 0.6 is 0 Å². The molecule has 1 aromatic carbocycles. The molecule has 86 valence electrons. The van der Waals surface area contributed by atoms with Crippen molar-refractivity contribution < 1.29 is 18.3 Å². The van der Waals surface area contributed by atoms with Gasteiger partial charge in [0.15, 0.2) is 11.6 Å². The average Bonchev–Trinajstić information content (AvgIpc) is 2.77. The van der Waals surface area contributed by atoms with Gasteiger partial charge in [0.25, 0.3) is 5.91 Å². The van der Waals surface area contributed by atoms with Crippen molar-refractivity contribution in [3.8, 4) is 0 Å². The summed E-state index contributed by atoms with van der Waals surface area (Å²) in [6.45, 7) is 0.565. The van der Waals surface area contributed by atoms with Crippen molar-refractivity contribution in [1.82, 2.24) is 0 Å². The molecule has 0 saturated carbocycles. The van der Waals surface area contributed by atoms with Gasteiger partial charge in [0, 0.05) is 18.4 Å². The number of halogens is 2. The molecule has 0 radical (unpaired) electrons. The van der Waals surface area contributed by atoms with Gasteiger partial charge >= 0.3 is 0 Å². The lowest BCUT2D eigenvalue weighted by molar-refractivity contribution is -0.124. The Balaban J connectivity index is 2.02. The molecule has 0 aliphatic carbocycles. The standard InChI is InChI=1S/C11H11F2NO2/c12-8-4-3-7(6-9(8)13)14-11(15)10-2-1-5-16-10/h3-4,6,10H,1-2,5H2,(H,14,15)/t10-/m0/s1. The number of anilines is 1. The molecular weight excluding hydrogens is 216 g/mol. The number of rotatable bonds is 2. The molecule has 0 unspecified atom stereocenters. The van der Waals surface area contributed by atoms with E-state index in [4.69, 9.17) is 4.74 Å². The Morgan fingerprint density at radius 1 is 1.38 bits per heavy atom. The maximum absolute atomic E-state index is 12.8. The summed E-state index contributed by atoms with van der Waals surface area (Å²) in [5, 5.41) is 2.48. The largest absolute Gasteiger partial charge is 0.368 e. The first-order valence-electron chi connectivity index (χ1n) is 5.04. The summed E-state index contributed by atoms with van der Waals surface area (Å²) in [6.07, 6.45) is 1.03. The number of amides is 1. The van der Waals surface area contributed by atoms with E-state index in [9.17, 15) is 13.6 Å². The van der Waals surface area contributed by atoms with E-state index >= 15 is 0 Å². The Kier molecular flexibility index (Phi) is 3.14. The molecule has 1 atom stereocenters. The van der Waals surface area contributed by atoms with Crippen LogP contribution in [0.5, 0.6) is 0 Å². The molecule has 1 aromatic rings. The molecule has 2 rings (SSSR count). The summed E-state index contributed by atoms with van der Waals surface area (Å²) in [7, 11) is 0. The van der Waals surface area contributed by atoms with Crippen LogP contribution in [-0.4, -0.2) is 18.6 Å². The van der Waals surface area contributed by atoms with Gasteiger partial charge in [-0.2, -0.15) is 0 Å². The van der Waals surface area contributed by atoms with Gasteiger partial charge in [0.1, 0.15) is 6.10 Å². The molecule has 16 heavy (non-hydrogen) atoms. The normalized spacial score (nSPS) is 19.8. The van der Waals surface area contributed by atoms with E-state index in [1.54, 1.807) is 0 Å². The molecule has 3 nitrogen and oxygen atoms in total. The molecule has 1 heterocycles. The minimum Gasteiger partial charge on any atom is -0.368 e. The van der Waals surface area contributed by atoms with Crippen LogP contribution in [0.15, 0.2) is 18.2 Å². The van der Waals surface area contributed by atoms with E-state index in [2.05, 4.69) is 5.32 Å². The molecule has 1 N–H and O–H groups in total. The monoisotopic (exact) mass is 227 g/mol. The SMILES string of the molecule is O=C(Nc1ccc(F)c(F)c1)[C@@H]1CCCO1. The van der Waals surface area contributed by atoms with Crippen LogP contribution in [0.4, 0.5) is 14.5 Å². The first-order chi connectivity index (χ1) is 7.66. The van der Waals surface area contributed by atoms with Crippen molar-refractivity contribution in [2.24, 2.45) is 0 Å². The fraction of sp³-hybridized carbons (Fsp3) is 0.364. The van der Waals surface area contributed by atoms with E-state index in [0.29, 0.717) is 13.0 Å². The third-order valence-corrected chi connectivity index (χ3v) is 2.41. The lowest BCUT2D eigenvalue weighted by atomic mass is 10.2. The van der Waals surface area contributed by atoms with E-state index < -0.39 is 17.7 Å². The molecular formula is C11H11F2NO2. The summed E-state index contributed by atoms with van der Waals surface area (Å²) in [5.41, 5.74) is 0.236. The van der Waals surface area contributed by atoms with Crippen LogP contribution < -0.4 is 5.32 Å². The predicted octanol–water partition coefficient (Wildman–Crippen LogP) is 2.08. The number of carbonyl (C=O) groups is 1. The van der Waals surface area contributed by atoms with Crippen molar-refractivity contribution in [2.45, 2.75) is 18.9 Å². The van der Waals surface area contributed by atoms with Gasteiger partial charge in [0.05, 0.1) is 0 Å². The second-order valence-electron chi connectivity index (χ2n) is 3.62. The minimum absolute atomic E-state index is 0.236. The second-order valence-corrected chi connectivity index (χ2v) is 3.62. The zero-order chi connectivity index (χ0) is 11.5. The zero-order valence-corrected chi connectivity index (χ0v) is 8.50. The smallest absolute Gasteiger partial charge is 0.253 e. The topological polar surface area (TPSA) is 38.3 Å². The first-order valence-corrected chi connectivity index (χ1v) is 5.04. The maximum Gasteiger partial charge on any atom is 0.253 e. The van der Waals surface area contributed by atoms with E-state index in [0.717, 1.165) is 18.6 Å². The third-order valence-electron chi connectivity index (χ3n) is 2.41. The van der Waals surface area contributed by atoms with Crippen molar-refractivity contribution in [3.05, 3.63) is 29.8 Å². The van der Waals surface area contributed by atoms with Crippen LogP contribution in [0.25, 0.3) is 0 Å². The highest BCUT2D eigenvalue weighted by Gasteiger charge is 2.23. The van der Waals surface area contributed by atoms with Gasteiger partial charge < -0.3 is 10.1 Å². The summed E-state index contributed by atoms with van der Waals surface area (Å²) < 4.78 is 30.6. The van der Waals surface area contributed by atoms with Gasteiger partial charge in [-0.05, 0) is 25.0 Å². The third kappa shape index (κ3) is 2.36. The minimum atomic E-state index is -0.981. The number of hydrogen-bond acceptors (Lipinski definition) is 2. The number of benzene rings is 1. The van der Waals surface area contributed by atoms with Crippen LogP contribution in [0.2, 0.25) is 0 Å². The number of nitrogens with one attached hydrogen (secondary N) is 1. The summed E-state index contributed by atoms with van der Waals surface area (Å²) in [5.74, 6) is -2.23. The van der Waals surface area contributed by atoms with Gasteiger partial charge in [0.2, 0.25) is 0 Å². The van der Waals surface area contributed by atoms with Crippen molar-refractivity contribution in [1.29, 1.82) is 0 Å². The van der Waals surface area contributed by atoms with Gasteiger partial charge in [-0.1, -0.05) is 0 Å². The lowest BCUT2D eigenvalue weighted by Crippen LogP contribution is -2.26. The maximum atomic E-state index is 12.8. The lowest BCUT2D eigenvalue weighted by Gasteiger charge is -2.10. The number of ether oxygens (including phenoxy) is 1. The molecule has 1 amide bonds. The fourth-order valence-electron chi connectivity index (χ4n) is 1.58. The van der Waals surface area contributed by atoms with Crippen molar-refractivity contribution in [3.63, 3.8) is 0 Å². The quantitative estimate of drug-likeness (QED) is 0.840. The second kappa shape index (κ2) is 4.57. The molecule has 0 bridgehead atoms. The van der Waals surface area contributed by atoms with Gasteiger partial charge in [-0.25, -0.2) is 8.78 Å². The van der Waals surface area contributed by atoms with Crippen LogP contribution in [0.3, 0.4) is 0 Å². The first kappa shape index (κ1) is 11.0. The Hall–Kier alpha value is -1.49. The molecule has 0 spiro atoms. The Morgan fingerprint density at radius 2 is 2.19 bits per heavy atom. The Morgan fingerprint density at radius 3 is 2.81 bits per heavy atom. The zero-order valence-electron chi connectivity index (χ0n) is 8.50. The average molecular weight is 227 g/mol. The number of hydrogen-bond donors (Lipinski definition) is 1. The van der Waals surface area contributed by atoms with E-state index in [1.807, 2.05) is 0 Å². The van der Waals surface area contributed by atoms with Crippen molar-refractivity contribution in [2.75, 3.05) is 11.9 Å². The highest BCUT2D eigenvalue weighted by molar-refractivity contribution is 5.94. The molecule has 0 aromatic heterocycles. The summed E-state index contributed by atoms with van der Waals surface area (Å²) in [6, 6.07) is 3.23. The molecule has 5 heteroatoms. The Bertz CT molecular complexity index is 403. The summed E-state index contributed by atoms with van der Waals surface area (Å²) in [4.78, 5) is 11.6. The molecule has 1 fully saturated rings. The molecule has 1 saturated heterocycles. The summed E-state index contributed by atoms with van der Waals surface area (Å²) >= 11 is 0. The molecule has 1 aliphatic rings. The van der Waals surface area contributed by atoms with Crippen LogP contribution in [0, 0.1) is 11.6 Å².